The van der Waals surface area contributed by atoms with Crippen molar-refractivity contribution in [2.24, 2.45) is 0 Å². The highest BCUT2D eigenvalue weighted by Crippen LogP contribution is 2.28. The van der Waals surface area contributed by atoms with Crippen LogP contribution in [0.4, 0.5) is 16.6 Å². The van der Waals surface area contributed by atoms with E-state index in [2.05, 4.69) is 15.3 Å². The van der Waals surface area contributed by atoms with Crippen molar-refractivity contribution in [3.8, 4) is 11.3 Å². The fourth-order valence-corrected chi connectivity index (χ4v) is 2.52. The first-order valence-corrected chi connectivity index (χ1v) is 6.99. The first-order valence-electron chi connectivity index (χ1n) is 6.11. The second-order valence-corrected chi connectivity index (χ2v) is 5.04. The standard InChI is InChI=1S/C14H10N4O2S/c19-18(20)11-5-3-4-10(8-11)12-9-21-14(16-12)17-13-6-1-2-7-15-13/h1-9H,(H,15,16,17). The third-order valence-electron chi connectivity index (χ3n) is 2.76. The molecule has 0 radical (unpaired) electrons. The van der Waals surface area contributed by atoms with Gasteiger partial charge in [-0.3, -0.25) is 10.1 Å². The van der Waals surface area contributed by atoms with Gasteiger partial charge in [-0.15, -0.1) is 11.3 Å². The van der Waals surface area contributed by atoms with Gasteiger partial charge in [0.1, 0.15) is 5.82 Å². The Morgan fingerprint density at radius 3 is 2.86 bits per heavy atom. The number of aromatic nitrogens is 2. The van der Waals surface area contributed by atoms with Crippen LogP contribution in [0.25, 0.3) is 11.3 Å². The topological polar surface area (TPSA) is 81.0 Å². The summed E-state index contributed by atoms with van der Waals surface area (Å²) in [5.41, 5.74) is 1.47. The van der Waals surface area contributed by atoms with E-state index in [0.29, 0.717) is 16.6 Å². The molecule has 2 aromatic heterocycles. The molecular formula is C14H10N4O2S. The summed E-state index contributed by atoms with van der Waals surface area (Å²) in [6.45, 7) is 0. The van der Waals surface area contributed by atoms with Crippen LogP contribution >= 0.6 is 11.3 Å². The van der Waals surface area contributed by atoms with Gasteiger partial charge in [-0.25, -0.2) is 9.97 Å². The van der Waals surface area contributed by atoms with Crippen molar-refractivity contribution < 1.29 is 4.92 Å². The number of rotatable bonds is 4. The summed E-state index contributed by atoms with van der Waals surface area (Å²) < 4.78 is 0. The van der Waals surface area contributed by atoms with Crippen LogP contribution in [0.5, 0.6) is 0 Å². The predicted octanol–water partition coefficient (Wildman–Crippen LogP) is 3.86. The molecule has 2 heterocycles. The number of thiazole rings is 1. The van der Waals surface area contributed by atoms with Crippen LogP contribution in [-0.2, 0) is 0 Å². The van der Waals surface area contributed by atoms with E-state index in [1.165, 1.54) is 23.5 Å². The van der Waals surface area contributed by atoms with Crippen LogP contribution in [0.15, 0.2) is 54.0 Å². The molecule has 3 aromatic rings. The Kier molecular flexibility index (Phi) is 3.57. The summed E-state index contributed by atoms with van der Waals surface area (Å²) in [5.74, 6) is 0.706. The van der Waals surface area contributed by atoms with Gasteiger partial charge in [0.25, 0.3) is 5.69 Å². The predicted molar refractivity (Wildman–Crippen MR) is 81.7 cm³/mol. The van der Waals surface area contributed by atoms with Crippen LogP contribution < -0.4 is 5.32 Å². The van der Waals surface area contributed by atoms with Crippen molar-refractivity contribution in [3.63, 3.8) is 0 Å². The summed E-state index contributed by atoms with van der Waals surface area (Å²) in [6.07, 6.45) is 1.69. The molecule has 0 bridgehead atoms. The van der Waals surface area contributed by atoms with Crippen LogP contribution in [0.2, 0.25) is 0 Å². The second-order valence-electron chi connectivity index (χ2n) is 4.19. The van der Waals surface area contributed by atoms with Crippen molar-refractivity contribution in [3.05, 3.63) is 64.2 Å². The van der Waals surface area contributed by atoms with E-state index in [9.17, 15) is 10.1 Å². The number of hydrogen-bond acceptors (Lipinski definition) is 6. The Morgan fingerprint density at radius 1 is 1.19 bits per heavy atom. The van der Waals surface area contributed by atoms with Crippen molar-refractivity contribution in [2.45, 2.75) is 0 Å². The van der Waals surface area contributed by atoms with Crippen LogP contribution in [0.3, 0.4) is 0 Å². The van der Waals surface area contributed by atoms with Crippen molar-refractivity contribution in [1.82, 2.24) is 9.97 Å². The summed E-state index contributed by atoms with van der Waals surface area (Å²) in [5, 5.41) is 16.4. The maximum absolute atomic E-state index is 10.8. The number of pyridine rings is 1. The fraction of sp³-hybridized carbons (Fsp3) is 0. The van der Waals surface area contributed by atoms with Crippen LogP contribution in [0.1, 0.15) is 0 Å². The van der Waals surface area contributed by atoms with Gasteiger partial charge in [0.2, 0.25) is 0 Å². The number of nitro groups is 1. The van der Waals surface area contributed by atoms with E-state index in [1.54, 1.807) is 18.3 Å². The molecule has 0 aliphatic heterocycles. The molecule has 0 saturated carbocycles. The van der Waals surface area contributed by atoms with E-state index in [0.717, 1.165) is 5.56 Å². The zero-order valence-electron chi connectivity index (χ0n) is 10.8. The van der Waals surface area contributed by atoms with Gasteiger partial charge in [0.15, 0.2) is 5.13 Å². The average Bonchev–Trinajstić information content (AvgIpc) is 2.97. The number of nitro benzene ring substituents is 1. The summed E-state index contributed by atoms with van der Waals surface area (Å²) >= 11 is 1.42. The maximum atomic E-state index is 10.8. The number of anilines is 2. The lowest BCUT2D eigenvalue weighted by Gasteiger charge is -2.00. The molecule has 0 amide bonds. The lowest BCUT2D eigenvalue weighted by atomic mass is 10.1. The fourth-order valence-electron chi connectivity index (χ4n) is 1.79. The Balaban J connectivity index is 1.85. The highest BCUT2D eigenvalue weighted by molar-refractivity contribution is 7.14. The quantitative estimate of drug-likeness (QED) is 0.584. The minimum atomic E-state index is -0.414. The third kappa shape index (κ3) is 3.03. The Morgan fingerprint density at radius 2 is 2.10 bits per heavy atom. The van der Waals surface area contributed by atoms with Gasteiger partial charge in [-0.2, -0.15) is 0 Å². The molecule has 7 heteroatoms. The SMILES string of the molecule is O=[N+]([O-])c1cccc(-c2csc(Nc3ccccn3)n2)c1. The molecule has 0 aliphatic rings. The Bertz CT molecular complexity index is 773. The minimum absolute atomic E-state index is 0.0553. The van der Waals surface area contributed by atoms with E-state index in [4.69, 9.17) is 0 Å². The van der Waals surface area contributed by atoms with Gasteiger partial charge >= 0.3 is 0 Å². The molecule has 0 unspecified atom stereocenters. The molecule has 0 fully saturated rings. The van der Waals surface area contributed by atoms with Gasteiger partial charge in [0.05, 0.1) is 10.6 Å². The summed E-state index contributed by atoms with van der Waals surface area (Å²) in [7, 11) is 0. The molecule has 0 spiro atoms. The summed E-state index contributed by atoms with van der Waals surface area (Å²) in [4.78, 5) is 19.0. The highest BCUT2D eigenvalue weighted by Gasteiger charge is 2.10. The van der Waals surface area contributed by atoms with E-state index < -0.39 is 4.92 Å². The molecule has 0 atom stereocenters. The first-order chi connectivity index (χ1) is 10.2. The number of non-ortho nitro benzene ring substituents is 1. The van der Waals surface area contributed by atoms with Crippen LogP contribution in [-0.4, -0.2) is 14.9 Å². The van der Waals surface area contributed by atoms with E-state index in [1.807, 2.05) is 23.6 Å². The molecule has 1 aromatic carbocycles. The third-order valence-corrected chi connectivity index (χ3v) is 3.51. The van der Waals surface area contributed by atoms with E-state index >= 15 is 0 Å². The second kappa shape index (κ2) is 5.68. The van der Waals surface area contributed by atoms with Gasteiger partial charge < -0.3 is 5.32 Å². The zero-order chi connectivity index (χ0) is 14.7. The van der Waals surface area contributed by atoms with Crippen molar-refractivity contribution in [1.29, 1.82) is 0 Å². The number of nitrogens with zero attached hydrogens (tertiary/aromatic N) is 3. The molecule has 6 nitrogen and oxygen atoms in total. The number of hydrogen-bond donors (Lipinski definition) is 1. The Labute approximate surface area is 124 Å². The van der Waals surface area contributed by atoms with Crippen molar-refractivity contribution in [2.75, 3.05) is 5.32 Å². The molecular weight excluding hydrogens is 288 g/mol. The molecule has 0 saturated heterocycles. The monoisotopic (exact) mass is 298 g/mol. The number of benzene rings is 1. The van der Waals surface area contributed by atoms with Gasteiger partial charge in [-0.1, -0.05) is 18.2 Å². The largest absolute Gasteiger partial charge is 0.316 e. The molecule has 0 aliphatic carbocycles. The highest BCUT2D eigenvalue weighted by atomic mass is 32.1. The Hall–Kier alpha value is -2.80. The maximum Gasteiger partial charge on any atom is 0.270 e. The zero-order valence-corrected chi connectivity index (χ0v) is 11.6. The van der Waals surface area contributed by atoms with Gasteiger partial charge in [-0.05, 0) is 12.1 Å². The summed E-state index contributed by atoms with van der Waals surface area (Å²) in [6, 6.07) is 12.0. The lowest BCUT2D eigenvalue weighted by Crippen LogP contribution is -1.92. The lowest BCUT2D eigenvalue weighted by molar-refractivity contribution is -0.384. The van der Waals surface area contributed by atoms with Crippen molar-refractivity contribution >= 4 is 28.0 Å². The smallest absolute Gasteiger partial charge is 0.270 e. The first kappa shape index (κ1) is 13.2. The average molecular weight is 298 g/mol. The van der Waals surface area contributed by atoms with E-state index in [-0.39, 0.29) is 5.69 Å². The molecule has 3 rings (SSSR count). The molecule has 1 N–H and O–H groups in total. The number of nitrogens with one attached hydrogen (secondary N) is 1. The normalized spacial score (nSPS) is 10.3. The van der Waals surface area contributed by atoms with Gasteiger partial charge in [0, 0.05) is 29.3 Å². The molecule has 104 valence electrons. The molecule has 21 heavy (non-hydrogen) atoms. The minimum Gasteiger partial charge on any atom is -0.316 e. The van der Waals surface area contributed by atoms with Crippen LogP contribution in [0, 0.1) is 10.1 Å².